The molecule has 0 aliphatic rings. The molecule has 0 aromatic carbocycles. The third-order valence-corrected chi connectivity index (χ3v) is 4.13. The molecular weight excluding hydrogens is 254 g/mol. The molecule has 1 N–H and O–H groups in total. The van der Waals surface area contributed by atoms with E-state index in [4.69, 9.17) is 4.98 Å². The van der Waals surface area contributed by atoms with Crippen molar-refractivity contribution >= 4 is 16.5 Å². The number of thiazole rings is 1. The van der Waals surface area contributed by atoms with Gasteiger partial charge in [-0.25, -0.2) is 4.98 Å². The summed E-state index contributed by atoms with van der Waals surface area (Å²) in [6.45, 7) is 13.0. The molecule has 110 valence electrons. The Kier molecular flexibility index (Phi) is 6.27. The predicted molar refractivity (Wildman–Crippen MR) is 86.3 cm³/mol. The second kappa shape index (κ2) is 7.25. The van der Waals surface area contributed by atoms with Gasteiger partial charge in [0.1, 0.15) is 0 Å². The van der Waals surface area contributed by atoms with E-state index in [1.54, 1.807) is 0 Å². The van der Waals surface area contributed by atoms with Gasteiger partial charge in [0.2, 0.25) is 0 Å². The SMILES string of the molecule is CCCc1nc(N(C)CCC)sc1CNC(C)(C)C. The van der Waals surface area contributed by atoms with Crippen molar-refractivity contribution in [2.45, 2.75) is 66.0 Å². The van der Waals surface area contributed by atoms with Gasteiger partial charge >= 0.3 is 0 Å². The van der Waals surface area contributed by atoms with Crippen molar-refractivity contribution in [1.29, 1.82) is 0 Å². The van der Waals surface area contributed by atoms with Gasteiger partial charge in [-0.3, -0.25) is 0 Å². The number of aromatic nitrogens is 1. The van der Waals surface area contributed by atoms with Crippen molar-refractivity contribution in [3.8, 4) is 0 Å². The monoisotopic (exact) mass is 283 g/mol. The molecule has 0 atom stereocenters. The van der Waals surface area contributed by atoms with Crippen LogP contribution >= 0.6 is 11.3 Å². The third kappa shape index (κ3) is 5.49. The number of hydrogen-bond acceptors (Lipinski definition) is 4. The van der Waals surface area contributed by atoms with Gasteiger partial charge in [-0.1, -0.05) is 20.3 Å². The summed E-state index contributed by atoms with van der Waals surface area (Å²) in [5, 5.41) is 4.74. The highest BCUT2D eigenvalue weighted by Crippen LogP contribution is 2.27. The van der Waals surface area contributed by atoms with Gasteiger partial charge in [0.15, 0.2) is 5.13 Å². The second-order valence-electron chi connectivity index (χ2n) is 6.14. The summed E-state index contributed by atoms with van der Waals surface area (Å²) in [6.07, 6.45) is 3.40. The zero-order chi connectivity index (χ0) is 14.5. The van der Waals surface area contributed by atoms with E-state index in [1.165, 1.54) is 10.6 Å². The summed E-state index contributed by atoms with van der Waals surface area (Å²) in [4.78, 5) is 8.49. The lowest BCUT2D eigenvalue weighted by Gasteiger charge is -2.20. The van der Waals surface area contributed by atoms with Crippen LogP contribution in [0, 0.1) is 0 Å². The Morgan fingerprint density at radius 3 is 2.42 bits per heavy atom. The highest BCUT2D eigenvalue weighted by Gasteiger charge is 2.15. The fourth-order valence-electron chi connectivity index (χ4n) is 1.88. The lowest BCUT2D eigenvalue weighted by Crippen LogP contribution is -2.35. The molecule has 0 bridgehead atoms. The number of rotatable bonds is 7. The minimum absolute atomic E-state index is 0.156. The standard InChI is InChI=1S/C15H29N3S/c1-7-9-12-13(11-16-15(3,4)5)19-14(17-12)18(6)10-8-2/h16H,7-11H2,1-6H3. The van der Waals surface area contributed by atoms with Crippen LogP contribution in [0.25, 0.3) is 0 Å². The highest BCUT2D eigenvalue weighted by molar-refractivity contribution is 7.15. The highest BCUT2D eigenvalue weighted by atomic mass is 32.1. The fraction of sp³-hybridized carbons (Fsp3) is 0.800. The van der Waals surface area contributed by atoms with Crippen molar-refractivity contribution in [3.63, 3.8) is 0 Å². The number of anilines is 1. The van der Waals surface area contributed by atoms with E-state index in [0.29, 0.717) is 0 Å². The van der Waals surface area contributed by atoms with E-state index < -0.39 is 0 Å². The fourth-order valence-corrected chi connectivity index (χ4v) is 2.91. The zero-order valence-corrected chi connectivity index (χ0v) is 14.2. The van der Waals surface area contributed by atoms with Crippen LogP contribution in [-0.2, 0) is 13.0 Å². The van der Waals surface area contributed by atoms with Crippen LogP contribution in [0.4, 0.5) is 5.13 Å². The van der Waals surface area contributed by atoms with Crippen LogP contribution in [0.5, 0.6) is 0 Å². The summed E-state index contributed by atoms with van der Waals surface area (Å²) in [7, 11) is 2.14. The van der Waals surface area contributed by atoms with Crippen molar-refractivity contribution in [3.05, 3.63) is 10.6 Å². The molecule has 0 aliphatic carbocycles. The number of aryl methyl sites for hydroxylation is 1. The summed E-state index contributed by atoms with van der Waals surface area (Å²) >= 11 is 1.84. The molecule has 1 rings (SSSR count). The first-order valence-electron chi connectivity index (χ1n) is 7.32. The molecule has 0 fully saturated rings. The van der Waals surface area contributed by atoms with Crippen LogP contribution < -0.4 is 10.2 Å². The van der Waals surface area contributed by atoms with E-state index in [0.717, 1.165) is 37.5 Å². The maximum Gasteiger partial charge on any atom is 0.185 e. The van der Waals surface area contributed by atoms with Gasteiger partial charge in [-0.05, 0) is 33.6 Å². The number of hydrogen-bond donors (Lipinski definition) is 1. The Bertz CT molecular complexity index is 379. The Hall–Kier alpha value is -0.610. The third-order valence-electron chi connectivity index (χ3n) is 2.92. The molecule has 0 spiro atoms. The Labute approximate surface area is 122 Å². The zero-order valence-electron chi connectivity index (χ0n) is 13.3. The first-order valence-corrected chi connectivity index (χ1v) is 8.13. The topological polar surface area (TPSA) is 28.2 Å². The minimum Gasteiger partial charge on any atom is -0.351 e. The molecule has 0 amide bonds. The minimum atomic E-state index is 0.156. The largest absolute Gasteiger partial charge is 0.351 e. The molecule has 19 heavy (non-hydrogen) atoms. The van der Waals surface area contributed by atoms with Crippen LogP contribution in [-0.4, -0.2) is 24.1 Å². The Morgan fingerprint density at radius 1 is 1.21 bits per heavy atom. The lowest BCUT2D eigenvalue weighted by atomic mass is 10.1. The average molecular weight is 283 g/mol. The van der Waals surface area contributed by atoms with Gasteiger partial charge in [0, 0.05) is 30.6 Å². The van der Waals surface area contributed by atoms with Crippen LogP contribution in [0.3, 0.4) is 0 Å². The average Bonchev–Trinajstić information content (AvgIpc) is 2.70. The molecule has 0 saturated carbocycles. The molecule has 0 unspecified atom stereocenters. The van der Waals surface area contributed by atoms with Crippen molar-refractivity contribution in [1.82, 2.24) is 10.3 Å². The van der Waals surface area contributed by atoms with E-state index >= 15 is 0 Å². The normalized spacial score (nSPS) is 11.9. The summed E-state index contributed by atoms with van der Waals surface area (Å²) in [6, 6.07) is 0. The predicted octanol–water partition coefficient (Wildman–Crippen LogP) is 3.83. The van der Waals surface area contributed by atoms with Crippen LogP contribution in [0.15, 0.2) is 0 Å². The Balaban J connectivity index is 2.82. The molecule has 4 heteroatoms. The van der Waals surface area contributed by atoms with Crippen LogP contribution in [0.2, 0.25) is 0 Å². The molecule has 0 aliphatic heterocycles. The van der Waals surface area contributed by atoms with Crippen molar-refractivity contribution in [2.75, 3.05) is 18.5 Å². The lowest BCUT2D eigenvalue weighted by molar-refractivity contribution is 0.425. The molecule has 0 radical (unpaired) electrons. The summed E-state index contributed by atoms with van der Waals surface area (Å²) < 4.78 is 0. The first-order chi connectivity index (χ1) is 8.87. The molecular formula is C15H29N3S. The van der Waals surface area contributed by atoms with Crippen molar-refractivity contribution < 1.29 is 0 Å². The maximum atomic E-state index is 4.82. The van der Waals surface area contributed by atoms with E-state index in [-0.39, 0.29) is 5.54 Å². The van der Waals surface area contributed by atoms with E-state index in [2.05, 4.69) is 51.9 Å². The molecule has 1 aromatic rings. The second-order valence-corrected chi connectivity index (χ2v) is 7.20. The van der Waals surface area contributed by atoms with Gasteiger partial charge < -0.3 is 10.2 Å². The van der Waals surface area contributed by atoms with E-state index in [9.17, 15) is 0 Å². The van der Waals surface area contributed by atoms with Gasteiger partial charge in [0.05, 0.1) is 5.69 Å². The first kappa shape index (κ1) is 16.4. The number of nitrogens with one attached hydrogen (secondary N) is 1. The molecule has 1 heterocycles. The quantitative estimate of drug-likeness (QED) is 0.824. The molecule has 1 aromatic heterocycles. The summed E-state index contributed by atoms with van der Waals surface area (Å²) in [5.41, 5.74) is 1.44. The van der Waals surface area contributed by atoms with Crippen LogP contribution in [0.1, 0.15) is 58.0 Å². The summed E-state index contributed by atoms with van der Waals surface area (Å²) in [5.74, 6) is 0. The smallest absolute Gasteiger partial charge is 0.185 e. The van der Waals surface area contributed by atoms with Gasteiger partial charge in [-0.15, -0.1) is 11.3 Å². The van der Waals surface area contributed by atoms with Gasteiger partial charge in [-0.2, -0.15) is 0 Å². The van der Waals surface area contributed by atoms with Gasteiger partial charge in [0.25, 0.3) is 0 Å². The van der Waals surface area contributed by atoms with Crippen molar-refractivity contribution in [2.24, 2.45) is 0 Å². The number of nitrogens with zero attached hydrogens (tertiary/aromatic N) is 2. The Morgan fingerprint density at radius 2 is 1.89 bits per heavy atom. The molecule has 3 nitrogen and oxygen atoms in total. The molecule has 0 saturated heterocycles. The maximum absolute atomic E-state index is 4.82. The van der Waals surface area contributed by atoms with E-state index in [1.807, 2.05) is 11.3 Å².